The number of fused-ring (bicyclic) bond motifs is 1. The second kappa shape index (κ2) is 7.30. The van der Waals surface area contributed by atoms with Crippen molar-refractivity contribution in [2.45, 2.75) is 26.3 Å². The van der Waals surface area contributed by atoms with E-state index in [1.165, 1.54) is 0 Å². The van der Waals surface area contributed by atoms with Crippen LogP contribution in [0.15, 0.2) is 18.2 Å². The third-order valence-corrected chi connectivity index (χ3v) is 5.36. The minimum atomic E-state index is -0.695. The van der Waals surface area contributed by atoms with E-state index in [1.54, 1.807) is 0 Å². The summed E-state index contributed by atoms with van der Waals surface area (Å²) in [6.07, 6.45) is 1.53. The number of hydrogen-bond donors (Lipinski definition) is 1. The molecule has 0 amide bonds. The van der Waals surface area contributed by atoms with Gasteiger partial charge in [-0.15, -0.1) is 0 Å². The van der Waals surface area contributed by atoms with Crippen molar-refractivity contribution in [3.63, 3.8) is 0 Å². The first-order valence-electron chi connectivity index (χ1n) is 8.50. The molecule has 3 rings (SSSR count). The fourth-order valence-electron chi connectivity index (χ4n) is 3.75. The van der Waals surface area contributed by atoms with Gasteiger partial charge >= 0.3 is 5.97 Å². The summed E-state index contributed by atoms with van der Waals surface area (Å²) >= 11 is 6.29. The van der Waals surface area contributed by atoms with Gasteiger partial charge in [0.2, 0.25) is 0 Å². The van der Waals surface area contributed by atoms with Gasteiger partial charge in [0.05, 0.1) is 23.7 Å². The highest BCUT2D eigenvalue weighted by atomic mass is 35.5. The van der Waals surface area contributed by atoms with Crippen LogP contribution in [0.5, 0.6) is 5.75 Å². The lowest BCUT2D eigenvalue weighted by molar-refractivity contribution is -0.157. The van der Waals surface area contributed by atoms with E-state index in [2.05, 4.69) is 11.8 Å². The summed E-state index contributed by atoms with van der Waals surface area (Å²) in [6.45, 7) is 5.78. The molecule has 2 saturated heterocycles. The zero-order chi connectivity index (χ0) is 17.2. The molecule has 0 unspecified atom stereocenters. The highest BCUT2D eigenvalue weighted by Gasteiger charge is 2.53. The lowest BCUT2D eigenvalue weighted by Gasteiger charge is -2.34. The minimum Gasteiger partial charge on any atom is -0.492 e. The molecule has 6 heteroatoms. The first-order valence-corrected chi connectivity index (χ1v) is 8.87. The van der Waals surface area contributed by atoms with Crippen LogP contribution in [0.4, 0.5) is 0 Å². The molecule has 0 bridgehead atoms. The lowest BCUT2D eigenvalue weighted by Crippen LogP contribution is -2.44. The van der Waals surface area contributed by atoms with Crippen molar-refractivity contribution in [1.29, 1.82) is 0 Å². The van der Waals surface area contributed by atoms with Crippen molar-refractivity contribution in [1.82, 2.24) is 4.90 Å². The molecule has 1 N–H and O–H groups in total. The molecule has 2 aliphatic rings. The Morgan fingerprint density at radius 1 is 1.54 bits per heavy atom. The van der Waals surface area contributed by atoms with Gasteiger partial charge in [0, 0.05) is 32.2 Å². The maximum Gasteiger partial charge on any atom is 0.311 e. The second-order valence-corrected chi connectivity index (χ2v) is 7.17. The molecular weight excluding hydrogens is 330 g/mol. The molecule has 1 aromatic carbocycles. The zero-order valence-electron chi connectivity index (χ0n) is 14.0. The van der Waals surface area contributed by atoms with Crippen LogP contribution in [-0.4, -0.2) is 48.9 Å². The van der Waals surface area contributed by atoms with Gasteiger partial charge in [-0.1, -0.05) is 24.6 Å². The monoisotopic (exact) mass is 353 g/mol. The number of hydrogen-bond acceptors (Lipinski definition) is 4. The van der Waals surface area contributed by atoms with E-state index in [4.69, 9.17) is 21.1 Å². The van der Waals surface area contributed by atoms with Gasteiger partial charge in [-0.05, 0) is 30.5 Å². The molecule has 2 heterocycles. The van der Waals surface area contributed by atoms with E-state index in [9.17, 15) is 9.90 Å². The molecule has 0 radical (unpaired) electrons. The number of likely N-dealkylation sites (tertiary alicyclic amines) is 1. The van der Waals surface area contributed by atoms with Crippen molar-refractivity contribution in [3.8, 4) is 5.75 Å². The highest BCUT2D eigenvalue weighted by molar-refractivity contribution is 6.32. The zero-order valence-corrected chi connectivity index (χ0v) is 14.7. The summed E-state index contributed by atoms with van der Waals surface area (Å²) in [5, 5.41) is 10.3. The van der Waals surface area contributed by atoms with E-state index >= 15 is 0 Å². The van der Waals surface area contributed by atoms with Crippen LogP contribution in [0.1, 0.15) is 25.3 Å². The summed E-state index contributed by atoms with van der Waals surface area (Å²) in [5.41, 5.74) is 0.413. The molecule has 0 aromatic heterocycles. The van der Waals surface area contributed by atoms with Gasteiger partial charge in [0.25, 0.3) is 0 Å². The van der Waals surface area contributed by atoms with Gasteiger partial charge in [-0.3, -0.25) is 9.69 Å². The number of ether oxygens (including phenoxy) is 2. The highest BCUT2D eigenvalue weighted by Crippen LogP contribution is 2.43. The van der Waals surface area contributed by atoms with Crippen molar-refractivity contribution in [2.24, 2.45) is 11.3 Å². The Kier molecular flexibility index (Phi) is 5.33. The van der Waals surface area contributed by atoms with Crippen LogP contribution < -0.4 is 4.74 Å². The van der Waals surface area contributed by atoms with Gasteiger partial charge in [-0.2, -0.15) is 0 Å². The van der Waals surface area contributed by atoms with Gasteiger partial charge < -0.3 is 14.6 Å². The molecule has 0 saturated carbocycles. The maximum atomic E-state index is 11.8. The average Bonchev–Trinajstić information content (AvgIpc) is 2.93. The summed E-state index contributed by atoms with van der Waals surface area (Å²) in [6, 6.07) is 5.81. The largest absolute Gasteiger partial charge is 0.492 e. The Labute approximate surface area is 147 Å². The van der Waals surface area contributed by atoms with E-state index in [0.717, 1.165) is 18.5 Å². The SMILES string of the molecule is CCCOc1ccc(CN2C[C@@H]3COCC[C@]3(C(=O)O)C2)cc1Cl. The molecule has 0 spiro atoms. The van der Waals surface area contributed by atoms with E-state index < -0.39 is 11.4 Å². The molecule has 2 aliphatic heterocycles. The maximum absolute atomic E-state index is 11.8. The predicted molar refractivity (Wildman–Crippen MR) is 91.5 cm³/mol. The van der Waals surface area contributed by atoms with Gasteiger partial charge in [-0.25, -0.2) is 0 Å². The lowest BCUT2D eigenvalue weighted by atomic mass is 9.74. The van der Waals surface area contributed by atoms with Crippen molar-refractivity contribution >= 4 is 17.6 Å². The Hall–Kier alpha value is -1.30. The third-order valence-electron chi connectivity index (χ3n) is 5.07. The Bertz CT molecular complexity index is 609. The summed E-state index contributed by atoms with van der Waals surface area (Å²) in [7, 11) is 0. The smallest absolute Gasteiger partial charge is 0.311 e. The van der Waals surface area contributed by atoms with E-state index in [1.807, 2.05) is 18.2 Å². The quantitative estimate of drug-likeness (QED) is 0.851. The fourth-order valence-corrected chi connectivity index (χ4v) is 4.01. The van der Waals surface area contributed by atoms with Crippen LogP contribution in [-0.2, 0) is 16.1 Å². The van der Waals surface area contributed by atoms with Crippen LogP contribution in [0.2, 0.25) is 5.02 Å². The minimum absolute atomic E-state index is 0.0615. The Morgan fingerprint density at radius 2 is 2.38 bits per heavy atom. The fraction of sp³-hybridized carbons (Fsp3) is 0.611. The van der Waals surface area contributed by atoms with Crippen LogP contribution in [0.25, 0.3) is 0 Å². The van der Waals surface area contributed by atoms with Gasteiger partial charge in [0.1, 0.15) is 5.75 Å². The molecule has 5 nitrogen and oxygen atoms in total. The van der Waals surface area contributed by atoms with Crippen molar-refractivity contribution in [2.75, 3.05) is 32.9 Å². The number of benzene rings is 1. The molecule has 132 valence electrons. The third kappa shape index (κ3) is 3.39. The average molecular weight is 354 g/mol. The summed E-state index contributed by atoms with van der Waals surface area (Å²) in [5.74, 6) is 0.0683. The molecule has 2 fully saturated rings. The van der Waals surface area contributed by atoms with E-state index in [-0.39, 0.29) is 5.92 Å². The normalized spacial score (nSPS) is 27.0. The number of rotatable bonds is 6. The standard InChI is InChI=1S/C18H24ClNO4/c1-2-6-24-16-4-3-13(8-15(16)19)9-20-10-14-11-23-7-5-18(14,12-20)17(21)22/h3-4,8,14H,2,5-7,9-12H2,1H3,(H,21,22)/t14-,18+/m1/s1. The summed E-state index contributed by atoms with van der Waals surface area (Å²) < 4.78 is 11.1. The van der Waals surface area contributed by atoms with Crippen molar-refractivity contribution in [3.05, 3.63) is 28.8 Å². The molecule has 0 aliphatic carbocycles. The number of halogens is 1. The predicted octanol–water partition coefficient (Wildman–Crippen LogP) is 3.05. The second-order valence-electron chi connectivity index (χ2n) is 6.77. The molecular formula is C18H24ClNO4. The van der Waals surface area contributed by atoms with Crippen LogP contribution in [0, 0.1) is 11.3 Å². The topological polar surface area (TPSA) is 59.0 Å². The first kappa shape index (κ1) is 17.5. The Balaban J connectivity index is 1.68. The number of carboxylic acids is 1. The Morgan fingerprint density at radius 3 is 3.04 bits per heavy atom. The number of carbonyl (C=O) groups is 1. The molecule has 1 aromatic rings. The van der Waals surface area contributed by atoms with Crippen molar-refractivity contribution < 1.29 is 19.4 Å². The number of aliphatic carboxylic acids is 1. The van der Waals surface area contributed by atoms with E-state index in [0.29, 0.717) is 50.1 Å². The first-order chi connectivity index (χ1) is 11.5. The molecule has 24 heavy (non-hydrogen) atoms. The van der Waals surface area contributed by atoms with Crippen LogP contribution in [0.3, 0.4) is 0 Å². The number of nitrogens with zero attached hydrogens (tertiary/aromatic N) is 1. The van der Waals surface area contributed by atoms with Crippen LogP contribution >= 0.6 is 11.6 Å². The number of carboxylic acid groups (broad SMARTS) is 1. The molecule has 2 atom stereocenters. The van der Waals surface area contributed by atoms with Gasteiger partial charge in [0.15, 0.2) is 0 Å². The summed E-state index contributed by atoms with van der Waals surface area (Å²) in [4.78, 5) is 14.0.